The minimum absolute atomic E-state index is 0.0202. The van der Waals surface area contributed by atoms with Crippen LogP contribution in [-0.2, 0) is 4.79 Å². The van der Waals surface area contributed by atoms with Crippen LogP contribution in [0.4, 0.5) is 10.1 Å². The summed E-state index contributed by atoms with van der Waals surface area (Å²) in [6, 6.07) is 4.01. The van der Waals surface area contributed by atoms with Gasteiger partial charge in [0.25, 0.3) is 0 Å². The topological polar surface area (TPSA) is 55.1 Å². The van der Waals surface area contributed by atoms with Gasteiger partial charge in [0.1, 0.15) is 5.82 Å². The Balaban J connectivity index is 2.73. The largest absolute Gasteiger partial charge is 0.330 e. The Hall–Kier alpha value is -1.13. The van der Waals surface area contributed by atoms with Gasteiger partial charge < -0.3 is 11.1 Å². The highest BCUT2D eigenvalue weighted by Crippen LogP contribution is 2.19. The van der Waals surface area contributed by atoms with Gasteiger partial charge in [-0.25, -0.2) is 4.39 Å². The predicted molar refractivity (Wildman–Crippen MR) is 58.3 cm³/mol. The van der Waals surface area contributed by atoms with E-state index in [0.29, 0.717) is 5.69 Å². The lowest BCUT2D eigenvalue weighted by molar-refractivity contribution is -0.119. The van der Waals surface area contributed by atoms with Crippen LogP contribution in [0.15, 0.2) is 18.2 Å². The summed E-state index contributed by atoms with van der Waals surface area (Å²) in [4.78, 5) is 11.4. The summed E-state index contributed by atoms with van der Waals surface area (Å²) in [6.07, 6.45) is 0. The second-order valence-electron chi connectivity index (χ2n) is 3.25. The van der Waals surface area contributed by atoms with Gasteiger partial charge in [-0.2, -0.15) is 0 Å². The molecule has 0 spiro atoms. The van der Waals surface area contributed by atoms with E-state index < -0.39 is 5.82 Å². The molecule has 0 saturated heterocycles. The Labute approximate surface area is 92.4 Å². The van der Waals surface area contributed by atoms with Crippen molar-refractivity contribution in [1.82, 2.24) is 0 Å². The maximum absolute atomic E-state index is 12.8. The second-order valence-corrected chi connectivity index (χ2v) is 3.66. The average Bonchev–Trinajstić information content (AvgIpc) is 2.22. The first-order chi connectivity index (χ1) is 7.04. The van der Waals surface area contributed by atoms with Gasteiger partial charge in [-0.15, -0.1) is 0 Å². The van der Waals surface area contributed by atoms with Gasteiger partial charge in [0.15, 0.2) is 0 Å². The highest BCUT2D eigenvalue weighted by Gasteiger charge is 2.11. The van der Waals surface area contributed by atoms with Crippen LogP contribution in [0.3, 0.4) is 0 Å². The number of benzene rings is 1. The number of hydrogen-bond donors (Lipinski definition) is 2. The summed E-state index contributed by atoms with van der Waals surface area (Å²) in [7, 11) is 0. The number of anilines is 1. The van der Waals surface area contributed by atoms with Crippen molar-refractivity contribution < 1.29 is 9.18 Å². The fraction of sp³-hybridized carbons (Fsp3) is 0.300. The van der Waals surface area contributed by atoms with E-state index in [1.807, 2.05) is 0 Å². The molecule has 82 valence electrons. The van der Waals surface area contributed by atoms with Gasteiger partial charge in [0.2, 0.25) is 5.91 Å². The van der Waals surface area contributed by atoms with Crippen molar-refractivity contribution in [2.75, 3.05) is 11.9 Å². The Morgan fingerprint density at radius 3 is 2.87 bits per heavy atom. The zero-order chi connectivity index (χ0) is 11.4. The summed E-state index contributed by atoms with van der Waals surface area (Å²) in [6.45, 7) is 1.97. The molecule has 0 bridgehead atoms. The van der Waals surface area contributed by atoms with Crippen LogP contribution < -0.4 is 11.1 Å². The molecule has 1 aromatic rings. The third-order valence-electron chi connectivity index (χ3n) is 1.99. The van der Waals surface area contributed by atoms with Crippen molar-refractivity contribution in [3.05, 3.63) is 29.0 Å². The molecule has 0 heterocycles. The number of rotatable bonds is 3. The lowest BCUT2D eigenvalue weighted by Gasteiger charge is -2.10. The van der Waals surface area contributed by atoms with Gasteiger partial charge in [0.05, 0.1) is 5.02 Å². The molecule has 0 fully saturated rings. The van der Waals surface area contributed by atoms with Crippen molar-refractivity contribution in [2.24, 2.45) is 11.7 Å². The standard InChI is InChI=1S/C10H12ClFN2O/c1-6(5-13)10(15)14-7-2-3-9(12)8(11)4-7/h2-4,6H,5,13H2,1H3,(H,14,15). The van der Waals surface area contributed by atoms with Gasteiger partial charge in [-0.3, -0.25) is 4.79 Å². The molecule has 15 heavy (non-hydrogen) atoms. The lowest BCUT2D eigenvalue weighted by atomic mass is 10.1. The van der Waals surface area contributed by atoms with Crippen molar-refractivity contribution in [3.8, 4) is 0 Å². The molecule has 1 rings (SSSR count). The van der Waals surface area contributed by atoms with Crippen LogP contribution in [0.1, 0.15) is 6.92 Å². The fourth-order valence-electron chi connectivity index (χ4n) is 0.946. The Bertz CT molecular complexity index is 370. The SMILES string of the molecule is CC(CN)C(=O)Nc1ccc(F)c(Cl)c1. The van der Waals surface area contributed by atoms with Crippen LogP contribution in [0.5, 0.6) is 0 Å². The Kier molecular flexibility index (Phi) is 4.05. The molecule has 0 aliphatic carbocycles. The van der Waals surface area contributed by atoms with E-state index in [1.165, 1.54) is 18.2 Å². The maximum Gasteiger partial charge on any atom is 0.228 e. The zero-order valence-corrected chi connectivity index (χ0v) is 9.01. The summed E-state index contributed by atoms with van der Waals surface area (Å²) >= 11 is 5.56. The van der Waals surface area contributed by atoms with E-state index in [2.05, 4.69) is 5.32 Å². The zero-order valence-electron chi connectivity index (χ0n) is 8.26. The third kappa shape index (κ3) is 3.18. The molecule has 0 aromatic heterocycles. The average molecular weight is 231 g/mol. The van der Waals surface area contributed by atoms with E-state index in [-0.39, 0.29) is 23.4 Å². The van der Waals surface area contributed by atoms with E-state index in [4.69, 9.17) is 17.3 Å². The lowest BCUT2D eigenvalue weighted by Crippen LogP contribution is -2.26. The van der Waals surface area contributed by atoms with Crippen molar-refractivity contribution >= 4 is 23.2 Å². The number of carbonyl (C=O) groups excluding carboxylic acids is 1. The smallest absolute Gasteiger partial charge is 0.228 e. The molecule has 3 nitrogen and oxygen atoms in total. The Morgan fingerprint density at radius 2 is 2.33 bits per heavy atom. The first kappa shape index (κ1) is 11.9. The van der Waals surface area contributed by atoms with E-state index in [9.17, 15) is 9.18 Å². The van der Waals surface area contributed by atoms with Crippen molar-refractivity contribution in [1.29, 1.82) is 0 Å². The number of nitrogens with two attached hydrogens (primary N) is 1. The quantitative estimate of drug-likeness (QED) is 0.835. The van der Waals surface area contributed by atoms with Gasteiger partial charge in [-0.05, 0) is 18.2 Å². The summed E-state index contributed by atoms with van der Waals surface area (Å²) in [5.74, 6) is -1.00. The molecule has 1 aromatic carbocycles. The molecule has 0 aliphatic rings. The predicted octanol–water partition coefficient (Wildman–Crippen LogP) is 2.01. The Morgan fingerprint density at radius 1 is 1.67 bits per heavy atom. The number of amides is 1. The molecular formula is C10H12ClFN2O. The number of carbonyl (C=O) groups is 1. The highest BCUT2D eigenvalue weighted by molar-refractivity contribution is 6.31. The first-order valence-corrected chi connectivity index (χ1v) is 4.88. The van der Waals surface area contributed by atoms with Gasteiger partial charge >= 0.3 is 0 Å². The summed E-state index contributed by atoms with van der Waals surface area (Å²) < 4.78 is 12.8. The number of hydrogen-bond acceptors (Lipinski definition) is 2. The molecule has 0 saturated carbocycles. The third-order valence-corrected chi connectivity index (χ3v) is 2.28. The van der Waals surface area contributed by atoms with Gasteiger partial charge in [-0.1, -0.05) is 18.5 Å². The van der Waals surface area contributed by atoms with Gasteiger partial charge in [0, 0.05) is 18.2 Å². The molecule has 0 radical (unpaired) electrons. The summed E-state index contributed by atoms with van der Waals surface area (Å²) in [5, 5.41) is 2.57. The molecular weight excluding hydrogens is 219 g/mol. The van der Waals surface area contributed by atoms with Crippen molar-refractivity contribution in [3.63, 3.8) is 0 Å². The first-order valence-electron chi connectivity index (χ1n) is 4.50. The molecule has 1 atom stereocenters. The van der Waals surface area contributed by atoms with Crippen LogP contribution in [0.25, 0.3) is 0 Å². The molecule has 1 unspecified atom stereocenters. The normalized spacial score (nSPS) is 12.3. The van der Waals surface area contributed by atoms with Crippen LogP contribution >= 0.6 is 11.6 Å². The fourth-order valence-corrected chi connectivity index (χ4v) is 1.13. The van der Waals surface area contributed by atoms with E-state index in [0.717, 1.165) is 0 Å². The molecule has 5 heteroatoms. The number of halogens is 2. The highest BCUT2D eigenvalue weighted by atomic mass is 35.5. The molecule has 1 amide bonds. The second kappa shape index (κ2) is 5.09. The monoisotopic (exact) mass is 230 g/mol. The van der Waals surface area contributed by atoms with Crippen LogP contribution in [0.2, 0.25) is 5.02 Å². The maximum atomic E-state index is 12.8. The molecule has 3 N–H and O–H groups in total. The van der Waals surface area contributed by atoms with E-state index >= 15 is 0 Å². The van der Waals surface area contributed by atoms with Crippen LogP contribution in [0, 0.1) is 11.7 Å². The summed E-state index contributed by atoms with van der Waals surface area (Å²) in [5.41, 5.74) is 5.80. The van der Waals surface area contributed by atoms with Crippen molar-refractivity contribution in [2.45, 2.75) is 6.92 Å². The van der Waals surface area contributed by atoms with Crippen LogP contribution in [-0.4, -0.2) is 12.5 Å². The van der Waals surface area contributed by atoms with E-state index in [1.54, 1.807) is 6.92 Å². The minimum atomic E-state index is -0.512. The minimum Gasteiger partial charge on any atom is -0.330 e. The molecule has 0 aliphatic heterocycles. The number of nitrogens with one attached hydrogen (secondary N) is 1.